The lowest BCUT2D eigenvalue weighted by Crippen LogP contribution is -2.12. The average molecular weight is 403 g/mol. The van der Waals surface area contributed by atoms with Gasteiger partial charge in [0.15, 0.2) is 0 Å². The van der Waals surface area contributed by atoms with Crippen molar-refractivity contribution in [1.82, 2.24) is 19.9 Å². The number of nitrogens with two attached hydrogens (primary N) is 1. The van der Waals surface area contributed by atoms with Crippen molar-refractivity contribution in [2.45, 2.75) is 13.0 Å². The average Bonchev–Trinajstić information content (AvgIpc) is 2.73. The van der Waals surface area contributed by atoms with Crippen LogP contribution in [0.15, 0.2) is 49.2 Å². The molecule has 30 heavy (non-hydrogen) atoms. The smallest absolute Gasteiger partial charge is 0.150 e. The molecule has 148 valence electrons. The van der Waals surface area contributed by atoms with Gasteiger partial charge in [0.25, 0.3) is 0 Å². The van der Waals surface area contributed by atoms with Gasteiger partial charge in [-0.2, -0.15) is 5.26 Å². The molecule has 0 fully saturated rings. The van der Waals surface area contributed by atoms with Gasteiger partial charge in [-0.05, 0) is 30.7 Å². The molecule has 0 amide bonds. The van der Waals surface area contributed by atoms with Gasteiger partial charge in [-0.25, -0.2) is 18.7 Å². The molecule has 0 spiro atoms. The van der Waals surface area contributed by atoms with E-state index < -0.39 is 17.7 Å². The summed E-state index contributed by atoms with van der Waals surface area (Å²) in [6.07, 6.45) is 5.47. The van der Waals surface area contributed by atoms with Gasteiger partial charge in [0, 0.05) is 35.0 Å². The Morgan fingerprint density at radius 1 is 1.07 bits per heavy atom. The third-order valence-corrected chi connectivity index (χ3v) is 4.66. The fourth-order valence-corrected chi connectivity index (χ4v) is 3.28. The van der Waals surface area contributed by atoms with Crippen molar-refractivity contribution in [3.05, 3.63) is 71.9 Å². The van der Waals surface area contributed by atoms with Crippen LogP contribution in [0.3, 0.4) is 0 Å². The first-order chi connectivity index (χ1) is 14.5. The van der Waals surface area contributed by atoms with E-state index in [1.807, 2.05) is 13.0 Å². The lowest BCUT2D eigenvalue weighted by Gasteiger charge is -2.20. The quantitative estimate of drug-likeness (QED) is 0.529. The number of hydrogen-bond donors (Lipinski definition) is 2. The van der Waals surface area contributed by atoms with Gasteiger partial charge in [0.2, 0.25) is 0 Å². The molecule has 0 aliphatic rings. The molecule has 0 bridgehead atoms. The number of rotatable bonds is 4. The minimum Gasteiger partial charge on any atom is -0.382 e. The van der Waals surface area contributed by atoms with Crippen LogP contribution in [0.25, 0.3) is 22.0 Å². The Kier molecular flexibility index (Phi) is 4.90. The molecule has 7 nitrogen and oxygen atoms in total. The Morgan fingerprint density at radius 2 is 1.90 bits per heavy atom. The number of nitrogens with zero attached hydrogens (tertiary/aromatic N) is 5. The summed E-state index contributed by atoms with van der Waals surface area (Å²) in [7, 11) is 0. The van der Waals surface area contributed by atoms with Gasteiger partial charge >= 0.3 is 0 Å². The molecule has 1 atom stereocenters. The zero-order chi connectivity index (χ0) is 21.3. The summed E-state index contributed by atoms with van der Waals surface area (Å²) in [5, 5.41) is 13.1. The highest BCUT2D eigenvalue weighted by atomic mass is 19.1. The third kappa shape index (κ3) is 3.46. The molecule has 1 aromatic carbocycles. The first kappa shape index (κ1) is 19.1. The number of hydrogen-bond acceptors (Lipinski definition) is 7. The van der Waals surface area contributed by atoms with Crippen LogP contribution in [-0.4, -0.2) is 19.9 Å². The van der Waals surface area contributed by atoms with E-state index in [-0.39, 0.29) is 17.2 Å². The number of nitriles is 1. The summed E-state index contributed by atoms with van der Waals surface area (Å²) in [5.74, 6) is -0.599. The van der Waals surface area contributed by atoms with E-state index in [1.165, 1.54) is 30.7 Å². The van der Waals surface area contributed by atoms with Crippen molar-refractivity contribution in [3.63, 3.8) is 0 Å². The fraction of sp³-hybridized carbons (Fsp3) is 0.0952. The second kappa shape index (κ2) is 7.67. The van der Waals surface area contributed by atoms with E-state index in [4.69, 9.17) is 5.73 Å². The maximum absolute atomic E-state index is 13.9. The predicted molar refractivity (Wildman–Crippen MR) is 108 cm³/mol. The SMILES string of the molecule is C[C@@H](Nc1ncnc(N)c1C#N)c1cnc2cc(F)ccc2c1-c1cncc(F)c1. The zero-order valence-corrected chi connectivity index (χ0v) is 15.8. The Hall–Kier alpha value is -4.19. The van der Waals surface area contributed by atoms with Gasteiger partial charge < -0.3 is 11.1 Å². The molecule has 0 radical (unpaired) electrons. The van der Waals surface area contributed by atoms with Crippen molar-refractivity contribution < 1.29 is 8.78 Å². The number of anilines is 2. The molecule has 3 heterocycles. The number of fused-ring (bicyclic) bond motifs is 1. The molecule has 3 aromatic heterocycles. The third-order valence-electron chi connectivity index (χ3n) is 4.66. The lowest BCUT2D eigenvalue weighted by molar-refractivity contribution is 0.622. The first-order valence-electron chi connectivity index (χ1n) is 8.94. The topological polar surface area (TPSA) is 113 Å². The number of nitrogens with one attached hydrogen (secondary N) is 1. The summed E-state index contributed by atoms with van der Waals surface area (Å²) >= 11 is 0. The van der Waals surface area contributed by atoms with Crippen LogP contribution in [0.1, 0.15) is 24.1 Å². The van der Waals surface area contributed by atoms with Crippen molar-refractivity contribution in [2.24, 2.45) is 0 Å². The summed E-state index contributed by atoms with van der Waals surface area (Å²) in [4.78, 5) is 16.2. The van der Waals surface area contributed by atoms with Crippen molar-refractivity contribution in [1.29, 1.82) is 5.26 Å². The highest BCUT2D eigenvalue weighted by Gasteiger charge is 2.19. The van der Waals surface area contributed by atoms with Gasteiger partial charge in [0.1, 0.15) is 41.2 Å². The van der Waals surface area contributed by atoms with Gasteiger partial charge in [0.05, 0.1) is 17.8 Å². The van der Waals surface area contributed by atoms with Crippen LogP contribution < -0.4 is 11.1 Å². The molecule has 0 saturated heterocycles. The van der Waals surface area contributed by atoms with Gasteiger partial charge in [-0.3, -0.25) is 9.97 Å². The lowest BCUT2D eigenvalue weighted by atomic mass is 9.94. The van der Waals surface area contributed by atoms with E-state index in [1.54, 1.807) is 12.3 Å². The van der Waals surface area contributed by atoms with Crippen LogP contribution in [0.5, 0.6) is 0 Å². The van der Waals surface area contributed by atoms with Gasteiger partial charge in [-0.1, -0.05) is 0 Å². The monoisotopic (exact) mass is 403 g/mol. The summed E-state index contributed by atoms with van der Waals surface area (Å²) in [6.45, 7) is 1.84. The van der Waals surface area contributed by atoms with Crippen molar-refractivity contribution in [3.8, 4) is 17.2 Å². The summed E-state index contributed by atoms with van der Waals surface area (Å²) in [6, 6.07) is 7.15. The molecule has 9 heteroatoms. The fourth-order valence-electron chi connectivity index (χ4n) is 3.28. The second-order valence-corrected chi connectivity index (χ2v) is 6.60. The van der Waals surface area contributed by atoms with Crippen molar-refractivity contribution in [2.75, 3.05) is 11.1 Å². The van der Waals surface area contributed by atoms with E-state index in [9.17, 15) is 14.0 Å². The number of nitrogen functional groups attached to an aromatic ring is 1. The number of benzene rings is 1. The largest absolute Gasteiger partial charge is 0.382 e. The maximum atomic E-state index is 13.9. The summed E-state index contributed by atoms with van der Waals surface area (Å²) < 4.78 is 27.6. The van der Waals surface area contributed by atoms with Gasteiger partial charge in [-0.15, -0.1) is 0 Å². The molecular weight excluding hydrogens is 388 g/mol. The maximum Gasteiger partial charge on any atom is 0.150 e. The van der Waals surface area contributed by atoms with E-state index >= 15 is 0 Å². The second-order valence-electron chi connectivity index (χ2n) is 6.60. The Bertz CT molecular complexity index is 1300. The number of halogens is 2. The Labute approximate surface area is 170 Å². The minimum atomic E-state index is -0.499. The molecule has 4 aromatic rings. The molecule has 0 unspecified atom stereocenters. The standard InChI is InChI=1S/C21H15F2N7/c1-11(30-21-16(6-24)20(25)28-10-29-21)17-9-27-18-5-13(22)2-3-15(18)19(17)12-4-14(23)8-26-7-12/h2-5,7-11H,1H3,(H3,25,28,29,30)/t11-/m1/s1. The van der Waals surface area contributed by atoms with Crippen LogP contribution in [-0.2, 0) is 0 Å². The first-order valence-corrected chi connectivity index (χ1v) is 8.94. The van der Waals surface area contributed by atoms with E-state index in [0.717, 1.165) is 6.20 Å². The van der Waals surface area contributed by atoms with Crippen LogP contribution >= 0.6 is 0 Å². The van der Waals surface area contributed by atoms with Crippen LogP contribution in [0.4, 0.5) is 20.4 Å². The van der Waals surface area contributed by atoms with E-state index in [0.29, 0.717) is 27.6 Å². The Balaban J connectivity index is 1.89. The minimum absolute atomic E-state index is 0.0591. The predicted octanol–water partition coefficient (Wildman–Crippen LogP) is 3.99. The molecular formula is C21H15F2N7. The highest BCUT2D eigenvalue weighted by molar-refractivity contribution is 5.96. The van der Waals surface area contributed by atoms with Crippen LogP contribution in [0, 0.1) is 23.0 Å². The van der Waals surface area contributed by atoms with Crippen molar-refractivity contribution >= 4 is 22.5 Å². The number of aromatic nitrogens is 4. The zero-order valence-electron chi connectivity index (χ0n) is 15.8. The molecule has 4 rings (SSSR count). The normalized spacial score (nSPS) is 11.8. The molecule has 0 aliphatic carbocycles. The highest BCUT2D eigenvalue weighted by Crippen LogP contribution is 2.36. The molecule has 3 N–H and O–H groups in total. The Morgan fingerprint density at radius 3 is 2.67 bits per heavy atom. The van der Waals surface area contributed by atoms with Crippen LogP contribution in [0.2, 0.25) is 0 Å². The molecule has 0 saturated carbocycles. The number of pyridine rings is 2. The van der Waals surface area contributed by atoms with E-state index in [2.05, 4.69) is 25.3 Å². The molecule has 0 aliphatic heterocycles. The summed E-state index contributed by atoms with van der Waals surface area (Å²) in [5.41, 5.74) is 8.15.